The standard InChI is InChI=1S/C21H13FN4O4/c22-12-5-8-14(9-6-12)30-20-18(25-15-3-1-2-4-16(15)26-20)19(27)24-13-7-10-17(21(28)29)23-11-13/h1-11H,(H,24,27)(H,28,29). The van der Waals surface area contributed by atoms with Gasteiger partial charge in [-0.25, -0.2) is 24.1 Å². The number of carbonyl (C=O) groups excluding carboxylic acids is 1. The fraction of sp³-hybridized carbons (Fsp3) is 0. The monoisotopic (exact) mass is 404 g/mol. The predicted molar refractivity (Wildman–Crippen MR) is 105 cm³/mol. The van der Waals surface area contributed by atoms with E-state index in [0.29, 0.717) is 11.0 Å². The fourth-order valence-electron chi connectivity index (χ4n) is 2.60. The molecule has 0 aliphatic heterocycles. The summed E-state index contributed by atoms with van der Waals surface area (Å²) < 4.78 is 18.9. The van der Waals surface area contributed by atoms with Crippen LogP contribution in [0.2, 0.25) is 0 Å². The Kier molecular flexibility index (Phi) is 5.00. The second kappa shape index (κ2) is 7.92. The first-order valence-corrected chi connectivity index (χ1v) is 8.70. The van der Waals surface area contributed by atoms with Crippen molar-refractivity contribution >= 4 is 28.6 Å². The highest BCUT2D eigenvalue weighted by Crippen LogP contribution is 2.26. The molecule has 8 nitrogen and oxygen atoms in total. The number of amides is 1. The second-order valence-electron chi connectivity index (χ2n) is 6.11. The molecule has 0 atom stereocenters. The summed E-state index contributed by atoms with van der Waals surface area (Å²) in [5.41, 5.74) is 1.01. The number of carboxylic acid groups (broad SMARTS) is 1. The number of carboxylic acids is 1. The van der Waals surface area contributed by atoms with Gasteiger partial charge in [-0.15, -0.1) is 0 Å². The molecule has 0 spiro atoms. The molecule has 0 saturated heterocycles. The van der Waals surface area contributed by atoms with E-state index in [9.17, 15) is 14.0 Å². The molecule has 0 radical (unpaired) electrons. The molecular weight excluding hydrogens is 391 g/mol. The van der Waals surface area contributed by atoms with E-state index >= 15 is 0 Å². The van der Waals surface area contributed by atoms with Crippen LogP contribution in [-0.4, -0.2) is 31.9 Å². The smallest absolute Gasteiger partial charge is 0.354 e. The third-order valence-electron chi connectivity index (χ3n) is 4.02. The molecule has 2 aromatic heterocycles. The number of fused-ring (bicyclic) bond motifs is 1. The van der Waals surface area contributed by atoms with E-state index in [4.69, 9.17) is 9.84 Å². The SMILES string of the molecule is O=C(O)c1ccc(NC(=O)c2nc3ccccc3nc2Oc2ccc(F)cc2)cn1. The van der Waals surface area contributed by atoms with Gasteiger partial charge in [-0.3, -0.25) is 4.79 Å². The van der Waals surface area contributed by atoms with Crippen molar-refractivity contribution in [3.05, 3.63) is 84.1 Å². The summed E-state index contributed by atoms with van der Waals surface area (Å²) in [6.45, 7) is 0. The minimum Gasteiger partial charge on any atom is -0.477 e. The number of pyridine rings is 1. The lowest BCUT2D eigenvalue weighted by Crippen LogP contribution is -2.16. The van der Waals surface area contributed by atoms with Crippen molar-refractivity contribution in [3.8, 4) is 11.6 Å². The maximum absolute atomic E-state index is 13.2. The number of anilines is 1. The average molecular weight is 404 g/mol. The number of para-hydroxylation sites is 2. The average Bonchev–Trinajstić information content (AvgIpc) is 2.75. The van der Waals surface area contributed by atoms with Gasteiger partial charge in [0, 0.05) is 0 Å². The topological polar surface area (TPSA) is 114 Å². The van der Waals surface area contributed by atoms with Crippen molar-refractivity contribution in [2.75, 3.05) is 5.32 Å². The van der Waals surface area contributed by atoms with Crippen LogP contribution in [0.3, 0.4) is 0 Å². The van der Waals surface area contributed by atoms with Crippen LogP contribution in [0.5, 0.6) is 11.6 Å². The van der Waals surface area contributed by atoms with Gasteiger partial charge in [-0.05, 0) is 48.5 Å². The van der Waals surface area contributed by atoms with Crippen LogP contribution in [-0.2, 0) is 0 Å². The van der Waals surface area contributed by atoms with Crippen molar-refractivity contribution < 1.29 is 23.8 Å². The normalized spacial score (nSPS) is 10.6. The summed E-state index contributed by atoms with van der Waals surface area (Å²) in [7, 11) is 0. The van der Waals surface area contributed by atoms with Crippen LogP contribution in [0.15, 0.2) is 66.9 Å². The zero-order valence-corrected chi connectivity index (χ0v) is 15.2. The van der Waals surface area contributed by atoms with E-state index in [2.05, 4.69) is 20.3 Å². The number of nitrogens with one attached hydrogen (secondary N) is 1. The molecule has 0 fully saturated rings. The van der Waals surface area contributed by atoms with E-state index in [1.807, 2.05) is 0 Å². The van der Waals surface area contributed by atoms with Crippen molar-refractivity contribution in [1.29, 1.82) is 0 Å². The number of carbonyl (C=O) groups is 2. The Morgan fingerprint density at radius 2 is 1.63 bits per heavy atom. The first kappa shape index (κ1) is 18.9. The van der Waals surface area contributed by atoms with Crippen LogP contribution < -0.4 is 10.1 Å². The number of benzene rings is 2. The van der Waals surface area contributed by atoms with E-state index in [0.717, 1.165) is 0 Å². The highest BCUT2D eigenvalue weighted by Gasteiger charge is 2.19. The number of rotatable bonds is 5. The molecule has 4 aromatic rings. The first-order chi connectivity index (χ1) is 14.5. The number of aromatic carboxylic acids is 1. The highest BCUT2D eigenvalue weighted by atomic mass is 19.1. The van der Waals surface area contributed by atoms with Gasteiger partial charge < -0.3 is 15.2 Å². The summed E-state index contributed by atoms with van der Waals surface area (Å²) in [6.07, 6.45) is 1.22. The summed E-state index contributed by atoms with van der Waals surface area (Å²) in [4.78, 5) is 36.2. The van der Waals surface area contributed by atoms with Crippen molar-refractivity contribution in [2.45, 2.75) is 0 Å². The lowest BCUT2D eigenvalue weighted by Gasteiger charge is -2.11. The Bertz CT molecular complexity index is 1240. The number of aromatic nitrogens is 3. The predicted octanol–water partition coefficient (Wildman–Crippen LogP) is 3.91. The number of hydrogen-bond donors (Lipinski definition) is 2. The van der Waals surface area contributed by atoms with Gasteiger partial charge in [0.25, 0.3) is 11.8 Å². The molecule has 0 aliphatic rings. The third kappa shape index (κ3) is 4.04. The molecule has 9 heteroatoms. The highest BCUT2D eigenvalue weighted by molar-refractivity contribution is 6.05. The number of hydrogen-bond acceptors (Lipinski definition) is 6. The van der Waals surface area contributed by atoms with Gasteiger partial charge in [0.05, 0.1) is 22.9 Å². The van der Waals surface area contributed by atoms with E-state index < -0.39 is 17.7 Å². The van der Waals surface area contributed by atoms with Gasteiger partial charge in [-0.2, -0.15) is 0 Å². The molecule has 2 N–H and O–H groups in total. The van der Waals surface area contributed by atoms with Crippen LogP contribution in [0.1, 0.15) is 21.0 Å². The lowest BCUT2D eigenvalue weighted by molar-refractivity contribution is 0.0690. The number of halogens is 1. The van der Waals surface area contributed by atoms with E-state index in [1.54, 1.807) is 24.3 Å². The van der Waals surface area contributed by atoms with E-state index in [1.165, 1.54) is 42.6 Å². The summed E-state index contributed by atoms with van der Waals surface area (Å²) in [6, 6.07) is 14.9. The Morgan fingerprint density at radius 3 is 2.27 bits per heavy atom. The molecule has 1 amide bonds. The Labute approximate surface area is 169 Å². The number of nitrogens with zero attached hydrogens (tertiary/aromatic N) is 3. The van der Waals surface area contributed by atoms with Crippen LogP contribution in [0.25, 0.3) is 11.0 Å². The fourth-order valence-corrected chi connectivity index (χ4v) is 2.60. The molecule has 148 valence electrons. The van der Waals surface area contributed by atoms with E-state index in [-0.39, 0.29) is 28.7 Å². The molecule has 2 aromatic carbocycles. The molecular formula is C21H13FN4O4. The Hall–Kier alpha value is -4.40. The lowest BCUT2D eigenvalue weighted by atomic mass is 10.2. The van der Waals surface area contributed by atoms with Crippen LogP contribution >= 0.6 is 0 Å². The quantitative estimate of drug-likeness (QED) is 0.518. The summed E-state index contributed by atoms with van der Waals surface area (Å²) in [5, 5.41) is 11.5. The minimum absolute atomic E-state index is 0.0621. The Morgan fingerprint density at radius 1 is 0.933 bits per heavy atom. The van der Waals surface area contributed by atoms with Crippen molar-refractivity contribution in [2.24, 2.45) is 0 Å². The summed E-state index contributed by atoms with van der Waals surface area (Å²) in [5.74, 6) is -2.02. The zero-order chi connectivity index (χ0) is 21.1. The van der Waals surface area contributed by atoms with Gasteiger partial charge in [0.2, 0.25) is 0 Å². The molecule has 0 unspecified atom stereocenters. The zero-order valence-electron chi connectivity index (χ0n) is 15.2. The van der Waals surface area contributed by atoms with Crippen LogP contribution in [0.4, 0.5) is 10.1 Å². The van der Waals surface area contributed by atoms with Gasteiger partial charge in [0.1, 0.15) is 17.3 Å². The molecule has 4 rings (SSSR count). The molecule has 2 heterocycles. The largest absolute Gasteiger partial charge is 0.477 e. The maximum Gasteiger partial charge on any atom is 0.354 e. The van der Waals surface area contributed by atoms with Gasteiger partial charge >= 0.3 is 5.97 Å². The molecule has 0 aliphatic carbocycles. The van der Waals surface area contributed by atoms with Gasteiger partial charge in [-0.1, -0.05) is 12.1 Å². The maximum atomic E-state index is 13.2. The van der Waals surface area contributed by atoms with Gasteiger partial charge in [0.15, 0.2) is 5.69 Å². The Balaban J connectivity index is 1.69. The minimum atomic E-state index is -1.18. The van der Waals surface area contributed by atoms with Crippen molar-refractivity contribution in [3.63, 3.8) is 0 Å². The van der Waals surface area contributed by atoms with Crippen molar-refractivity contribution in [1.82, 2.24) is 15.0 Å². The number of ether oxygens (including phenoxy) is 1. The second-order valence-corrected chi connectivity index (χ2v) is 6.11. The summed E-state index contributed by atoms with van der Waals surface area (Å²) >= 11 is 0. The van der Waals surface area contributed by atoms with Crippen LogP contribution in [0, 0.1) is 5.82 Å². The molecule has 0 bridgehead atoms. The molecule has 30 heavy (non-hydrogen) atoms. The molecule has 0 saturated carbocycles. The third-order valence-corrected chi connectivity index (χ3v) is 4.02. The first-order valence-electron chi connectivity index (χ1n) is 8.70.